The highest BCUT2D eigenvalue weighted by atomic mass is 32.2. The van der Waals surface area contributed by atoms with Gasteiger partial charge < -0.3 is 5.32 Å². The smallest absolute Gasteiger partial charge is 0.257 e. The Morgan fingerprint density at radius 1 is 1.06 bits per heavy atom. The molecule has 9 heteroatoms. The van der Waals surface area contributed by atoms with Crippen molar-refractivity contribution in [2.45, 2.75) is 55.1 Å². The van der Waals surface area contributed by atoms with Gasteiger partial charge >= 0.3 is 0 Å². The zero-order valence-corrected chi connectivity index (χ0v) is 17.8. The Morgan fingerprint density at radius 2 is 1.71 bits per heavy atom. The normalized spacial score (nSPS) is 24.2. The van der Waals surface area contributed by atoms with Gasteiger partial charge in [0.1, 0.15) is 12.3 Å². The number of nitrogens with one attached hydrogen (secondary N) is 1. The number of rotatable bonds is 6. The average molecular weight is 448 g/mol. The van der Waals surface area contributed by atoms with E-state index in [9.17, 15) is 22.0 Å². The first-order valence-electron chi connectivity index (χ1n) is 10.2. The van der Waals surface area contributed by atoms with Gasteiger partial charge in [0.15, 0.2) is 15.7 Å². The lowest BCUT2D eigenvalue weighted by molar-refractivity contribution is -0.111. The third kappa shape index (κ3) is 4.81. The molecule has 1 amide bonds. The minimum absolute atomic E-state index is 0.00354. The highest BCUT2D eigenvalue weighted by molar-refractivity contribution is 7.92. The standard InChI is InChI=1S/C22H23F2N3O3S/c1-13-11-26-21(12-25-13)27-22(28)18(8-14-9-19(23)20(24)10-14)15-2-4-16(5-3-15)31(29,30)17-6-7-17/h2-5,8,11-12,14,17,19-20H,6-7,9-10H2,1H3,(H,26,27,28)/t14?,19-,20+. The van der Waals surface area contributed by atoms with Gasteiger partial charge in [0.05, 0.1) is 28.2 Å². The molecule has 2 fully saturated rings. The number of benzene rings is 1. The lowest BCUT2D eigenvalue weighted by atomic mass is 9.98. The average Bonchev–Trinajstić information content (AvgIpc) is 3.55. The van der Waals surface area contributed by atoms with Gasteiger partial charge in [-0.3, -0.25) is 9.78 Å². The minimum atomic E-state index is -3.36. The molecule has 1 unspecified atom stereocenters. The van der Waals surface area contributed by atoms with Gasteiger partial charge in [0, 0.05) is 5.57 Å². The molecule has 0 aliphatic heterocycles. The fraction of sp³-hybridized carbons (Fsp3) is 0.409. The molecular formula is C22H23F2N3O3S. The molecule has 164 valence electrons. The molecule has 0 spiro atoms. The Hall–Kier alpha value is -2.68. The van der Waals surface area contributed by atoms with E-state index in [1.165, 1.54) is 24.5 Å². The number of carbonyl (C=O) groups is 1. The molecule has 2 aliphatic carbocycles. The Morgan fingerprint density at radius 3 is 2.26 bits per heavy atom. The van der Waals surface area contributed by atoms with E-state index in [4.69, 9.17) is 0 Å². The summed E-state index contributed by atoms with van der Waals surface area (Å²) in [5.74, 6) is -0.703. The van der Waals surface area contributed by atoms with Crippen LogP contribution >= 0.6 is 0 Å². The number of aromatic nitrogens is 2. The van der Waals surface area contributed by atoms with Crippen molar-refractivity contribution in [3.8, 4) is 0 Å². The first-order valence-corrected chi connectivity index (χ1v) is 11.7. The number of sulfone groups is 1. The molecule has 2 aromatic rings. The maximum atomic E-state index is 13.7. The number of hydrogen-bond acceptors (Lipinski definition) is 5. The van der Waals surface area contributed by atoms with Gasteiger partial charge in [-0.05, 0) is 56.2 Å². The molecule has 1 N–H and O–H groups in total. The SMILES string of the molecule is Cc1cnc(NC(=O)C(=CC2C[C@@H](F)[C@@H](F)C2)c2ccc(S(=O)(=O)C3CC3)cc2)cn1. The van der Waals surface area contributed by atoms with E-state index in [0.717, 1.165) is 0 Å². The monoisotopic (exact) mass is 447 g/mol. The van der Waals surface area contributed by atoms with E-state index in [-0.39, 0.29) is 34.4 Å². The van der Waals surface area contributed by atoms with Crippen LogP contribution in [-0.2, 0) is 14.6 Å². The second-order valence-electron chi connectivity index (χ2n) is 8.11. The minimum Gasteiger partial charge on any atom is -0.305 e. The van der Waals surface area contributed by atoms with E-state index in [0.29, 0.717) is 24.1 Å². The van der Waals surface area contributed by atoms with Gasteiger partial charge in [-0.1, -0.05) is 18.2 Å². The summed E-state index contributed by atoms with van der Waals surface area (Å²) in [5.41, 5.74) is 1.37. The molecule has 6 nitrogen and oxygen atoms in total. The zero-order valence-electron chi connectivity index (χ0n) is 17.0. The number of halogens is 2. The topological polar surface area (TPSA) is 89.0 Å². The Balaban J connectivity index is 1.63. The molecule has 31 heavy (non-hydrogen) atoms. The zero-order chi connectivity index (χ0) is 22.2. The molecule has 2 aliphatic rings. The van der Waals surface area contributed by atoms with Crippen molar-refractivity contribution in [1.82, 2.24) is 9.97 Å². The maximum absolute atomic E-state index is 13.7. The van der Waals surface area contributed by atoms with Crippen molar-refractivity contribution in [3.63, 3.8) is 0 Å². The van der Waals surface area contributed by atoms with Crippen LogP contribution in [0.1, 0.15) is 36.9 Å². The lowest BCUT2D eigenvalue weighted by Gasteiger charge is -2.12. The Bertz CT molecular complexity index is 1090. The van der Waals surface area contributed by atoms with Crippen LogP contribution in [0.3, 0.4) is 0 Å². The number of anilines is 1. The van der Waals surface area contributed by atoms with Crippen LogP contribution in [0.15, 0.2) is 47.6 Å². The number of amides is 1. The quantitative estimate of drug-likeness (QED) is 0.680. The summed E-state index contributed by atoms with van der Waals surface area (Å²) in [7, 11) is -3.36. The fourth-order valence-corrected chi connectivity index (χ4v) is 5.34. The number of aryl methyl sites for hydroxylation is 1. The molecule has 3 atom stereocenters. The molecule has 0 saturated heterocycles. The van der Waals surface area contributed by atoms with Crippen molar-refractivity contribution in [2.24, 2.45) is 5.92 Å². The molecule has 1 heterocycles. The van der Waals surface area contributed by atoms with Gasteiger partial charge in [-0.15, -0.1) is 0 Å². The van der Waals surface area contributed by atoms with Crippen LogP contribution in [0, 0.1) is 12.8 Å². The van der Waals surface area contributed by atoms with Crippen LogP contribution in [0.4, 0.5) is 14.6 Å². The van der Waals surface area contributed by atoms with Crippen molar-refractivity contribution < 1.29 is 22.0 Å². The number of nitrogens with zero attached hydrogens (tertiary/aromatic N) is 2. The highest BCUT2D eigenvalue weighted by Crippen LogP contribution is 2.36. The second kappa shape index (κ2) is 8.45. The van der Waals surface area contributed by atoms with Gasteiger partial charge in [-0.25, -0.2) is 22.2 Å². The maximum Gasteiger partial charge on any atom is 0.257 e. The second-order valence-corrected chi connectivity index (χ2v) is 10.3. The first kappa shape index (κ1) is 21.5. The molecule has 0 radical (unpaired) electrons. The first-order chi connectivity index (χ1) is 14.7. The van der Waals surface area contributed by atoms with E-state index >= 15 is 0 Å². The summed E-state index contributed by atoms with van der Waals surface area (Å²) in [4.78, 5) is 21.4. The fourth-order valence-electron chi connectivity index (χ4n) is 3.68. The summed E-state index contributed by atoms with van der Waals surface area (Å²) in [6.45, 7) is 1.77. The molecule has 2 saturated carbocycles. The van der Waals surface area contributed by atoms with Crippen LogP contribution in [0.25, 0.3) is 5.57 Å². The summed E-state index contributed by atoms with van der Waals surface area (Å²) in [6.07, 6.45) is 2.69. The molecule has 1 aromatic heterocycles. The Kier molecular flexibility index (Phi) is 5.88. The van der Waals surface area contributed by atoms with E-state index in [1.807, 2.05) is 0 Å². The van der Waals surface area contributed by atoms with E-state index in [1.54, 1.807) is 25.1 Å². The largest absolute Gasteiger partial charge is 0.305 e. The predicted octanol–water partition coefficient (Wildman–Crippen LogP) is 3.83. The van der Waals surface area contributed by atoms with Crippen LogP contribution < -0.4 is 5.32 Å². The van der Waals surface area contributed by atoms with Crippen LogP contribution in [0.5, 0.6) is 0 Å². The van der Waals surface area contributed by atoms with E-state index in [2.05, 4.69) is 15.3 Å². The third-order valence-corrected chi connectivity index (χ3v) is 7.85. The van der Waals surface area contributed by atoms with Crippen LogP contribution in [-0.4, -0.2) is 41.9 Å². The van der Waals surface area contributed by atoms with Crippen molar-refractivity contribution in [3.05, 3.63) is 54.0 Å². The summed E-state index contributed by atoms with van der Waals surface area (Å²) in [6, 6.07) is 6.05. The number of allylic oxidation sites excluding steroid dienone is 1. The molecular weight excluding hydrogens is 424 g/mol. The summed E-state index contributed by atoms with van der Waals surface area (Å²) >= 11 is 0. The molecule has 4 rings (SSSR count). The van der Waals surface area contributed by atoms with Crippen molar-refractivity contribution in [2.75, 3.05) is 5.32 Å². The van der Waals surface area contributed by atoms with Gasteiger partial charge in [0.2, 0.25) is 0 Å². The van der Waals surface area contributed by atoms with Crippen molar-refractivity contribution in [1.29, 1.82) is 0 Å². The summed E-state index contributed by atoms with van der Waals surface area (Å²) in [5, 5.41) is 2.32. The Labute approximate surface area is 179 Å². The predicted molar refractivity (Wildman–Crippen MR) is 113 cm³/mol. The highest BCUT2D eigenvalue weighted by Gasteiger charge is 2.37. The number of carbonyl (C=O) groups excluding carboxylic acids is 1. The van der Waals surface area contributed by atoms with Gasteiger partial charge in [-0.2, -0.15) is 0 Å². The molecule has 0 bridgehead atoms. The van der Waals surface area contributed by atoms with Gasteiger partial charge in [0.25, 0.3) is 5.91 Å². The number of alkyl halides is 2. The van der Waals surface area contributed by atoms with Crippen LogP contribution in [0.2, 0.25) is 0 Å². The van der Waals surface area contributed by atoms with Crippen molar-refractivity contribution >= 4 is 27.1 Å². The number of hydrogen-bond donors (Lipinski definition) is 1. The molecule has 1 aromatic carbocycles. The van der Waals surface area contributed by atoms with E-state index < -0.39 is 34.0 Å². The third-order valence-electron chi connectivity index (χ3n) is 5.57. The lowest BCUT2D eigenvalue weighted by Crippen LogP contribution is -2.16. The summed E-state index contributed by atoms with van der Waals surface area (Å²) < 4.78 is 52.2.